The third-order valence-electron chi connectivity index (χ3n) is 7.01. The number of benzene rings is 1. The molecule has 5 rings (SSSR count). The number of rotatable bonds is 5. The minimum absolute atomic E-state index is 0.00706. The molecule has 3 aromatic rings. The van der Waals surface area contributed by atoms with Gasteiger partial charge in [-0.3, -0.25) is 9.36 Å². The molecule has 1 spiro atoms. The Morgan fingerprint density at radius 3 is 2.46 bits per heavy atom. The van der Waals surface area contributed by atoms with Gasteiger partial charge in [0.1, 0.15) is 23.6 Å². The van der Waals surface area contributed by atoms with Crippen LogP contribution in [0.25, 0.3) is 11.0 Å². The van der Waals surface area contributed by atoms with Crippen molar-refractivity contribution in [3.05, 3.63) is 63.5 Å². The van der Waals surface area contributed by atoms with Crippen LogP contribution in [0.5, 0.6) is 0 Å². The maximum atomic E-state index is 14.7. The smallest absolute Gasteiger partial charge is 0.266 e. The van der Waals surface area contributed by atoms with E-state index in [1.165, 1.54) is 36.1 Å². The minimum atomic E-state index is -3.10. The van der Waals surface area contributed by atoms with Gasteiger partial charge in [0.25, 0.3) is 12.0 Å². The molecule has 1 aliphatic heterocycles. The Labute approximate surface area is 198 Å². The number of hydrogen-bond donors (Lipinski definition) is 2. The highest BCUT2D eigenvalue weighted by molar-refractivity contribution is 7.92. The Hall–Kier alpha value is -2.99. The Kier molecular flexibility index (Phi) is 5.26. The van der Waals surface area contributed by atoms with Crippen molar-refractivity contribution >= 4 is 26.7 Å². The zero-order chi connectivity index (χ0) is 25.3. The lowest BCUT2D eigenvalue weighted by Crippen LogP contribution is -2.63. The Bertz CT molecular complexity index is 1500. The number of aromatic nitrogens is 3. The average Bonchev–Trinajstić information content (AvgIpc) is 2.73. The fraction of sp³-hybridized carbons (Fsp3) is 0.435. The quantitative estimate of drug-likeness (QED) is 0.545. The third kappa shape index (κ3) is 3.79. The molecule has 0 amide bonds. The molecule has 1 saturated carbocycles. The number of fused-ring (bicyclic) bond motifs is 1. The monoisotopic (exact) mass is 508 g/mol. The second kappa shape index (κ2) is 7.76. The van der Waals surface area contributed by atoms with Gasteiger partial charge in [0.15, 0.2) is 9.84 Å². The van der Waals surface area contributed by atoms with Gasteiger partial charge in [-0.25, -0.2) is 31.6 Å². The number of anilines is 1. The highest BCUT2D eigenvalue weighted by atomic mass is 32.2. The van der Waals surface area contributed by atoms with Crippen molar-refractivity contribution in [2.75, 3.05) is 16.8 Å². The normalized spacial score (nSPS) is 20.4. The summed E-state index contributed by atoms with van der Waals surface area (Å²) in [5.41, 5.74) is -2.80. The second-order valence-corrected chi connectivity index (χ2v) is 11.8. The summed E-state index contributed by atoms with van der Waals surface area (Å²) < 4.78 is 65.5. The summed E-state index contributed by atoms with van der Waals surface area (Å²) in [4.78, 5) is 21.4. The van der Waals surface area contributed by atoms with Crippen LogP contribution < -0.4 is 10.9 Å². The highest BCUT2D eigenvalue weighted by Gasteiger charge is 2.63. The Morgan fingerprint density at radius 1 is 1.17 bits per heavy atom. The first-order valence-corrected chi connectivity index (χ1v) is 12.8. The van der Waals surface area contributed by atoms with Crippen LogP contribution in [0.3, 0.4) is 0 Å². The molecule has 1 atom stereocenters. The fourth-order valence-corrected chi connectivity index (χ4v) is 7.74. The van der Waals surface area contributed by atoms with E-state index in [0.29, 0.717) is 5.39 Å². The molecule has 12 heteroatoms. The van der Waals surface area contributed by atoms with Gasteiger partial charge < -0.3 is 10.4 Å². The van der Waals surface area contributed by atoms with Gasteiger partial charge in [0.05, 0.1) is 34.1 Å². The molecule has 0 bridgehead atoms. The first-order valence-electron chi connectivity index (χ1n) is 11.0. The molecule has 1 aliphatic carbocycles. The van der Waals surface area contributed by atoms with E-state index in [1.54, 1.807) is 6.92 Å². The van der Waals surface area contributed by atoms with Crippen molar-refractivity contribution in [1.82, 2.24) is 14.5 Å². The number of pyridine rings is 1. The summed E-state index contributed by atoms with van der Waals surface area (Å²) >= 11 is 0. The molecule has 3 heterocycles. The van der Waals surface area contributed by atoms with Crippen molar-refractivity contribution in [3.63, 3.8) is 0 Å². The van der Waals surface area contributed by atoms with Crippen molar-refractivity contribution in [3.8, 4) is 0 Å². The lowest BCUT2D eigenvalue weighted by molar-refractivity contribution is -0.123. The molecule has 2 N–H and O–H groups in total. The predicted molar refractivity (Wildman–Crippen MR) is 122 cm³/mol. The largest absolute Gasteiger partial charge is 0.385 e. The summed E-state index contributed by atoms with van der Waals surface area (Å²) in [5, 5.41) is 14.6. The van der Waals surface area contributed by atoms with Gasteiger partial charge in [-0.2, -0.15) is 0 Å². The van der Waals surface area contributed by atoms with Gasteiger partial charge >= 0.3 is 0 Å². The van der Waals surface area contributed by atoms with Crippen LogP contribution in [0.4, 0.5) is 19.0 Å². The molecule has 2 fully saturated rings. The Balaban J connectivity index is 1.52. The number of halogens is 3. The number of hydrogen-bond acceptors (Lipinski definition) is 7. The first-order chi connectivity index (χ1) is 16.3. The minimum Gasteiger partial charge on any atom is -0.385 e. The summed E-state index contributed by atoms with van der Waals surface area (Å²) in [7, 11) is -1.60. The number of sulfone groups is 1. The van der Waals surface area contributed by atoms with Crippen LogP contribution in [-0.4, -0.2) is 39.6 Å². The molecule has 1 aromatic carbocycles. The fourth-order valence-electron chi connectivity index (χ4n) is 5.55. The van der Waals surface area contributed by atoms with Crippen molar-refractivity contribution in [2.45, 2.75) is 37.8 Å². The van der Waals surface area contributed by atoms with Gasteiger partial charge in [0, 0.05) is 23.6 Å². The zero-order valence-corrected chi connectivity index (χ0v) is 19.7. The molecule has 2 aliphatic rings. The number of nitrogens with one attached hydrogen (secondary N) is 1. The summed E-state index contributed by atoms with van der Waals surface area (Å²) in [6.45, 7) is 1.59. The maximum Gasteiger partial charge on any atom is 0.266 e. The average molecular weight is 509 g/mol. The van der Waals surface area contributed by atoms with E-state index in [-0.39, 0.29) is 46.9 Å². The van der Waals surface area contributed by atoms with Crippen LogP contribution in [-0.2, 0) is 22.5 Å². The van der Waals surface area contributed by atoms with E-state index in [0.717, 1.165) is 6.07 Å². The van der Waals surface area contributed by atoms with E-state index in [4.69, 9.17) is 0 Å². The second-order valence-electron chi connectivity index (χ2n) is 9.72. The van der Waals surface area contributed by atoms with Gasteiger partial charge in [-0.1, -0.05) is 18.2 Å². The molecule has 1 saturated heterocycles. The number of aryl methyl sites for hydroxylation is 1. The SMILES string of the molecule is C[C@@H](Nc1ncnc2c1cc(C1(O)CC3(C1)CS(=O)(=O)C3)c(=O)n2C)c1cccc(C(F)F)c1F. The molecule has 0 unspecified atom stereocenters. The molecule has 0 radical (unpaired) electrons. The number of alkyl halides is 2. The number of aliphatic hydroxyl groups is 1. The summed E-state index contributed by atoms with van der Waals surface area (Å²) in [5.74, 6) is -0.803. The summed E-state index contributed by atoms with van der Waals surface area (Å²) in [6, 6.07) is 4.48. The molecule has 186 valence electrons. The molecule has 2 aromatic heterocycles. The van der Waals surface area contributed by atoms with Crippen molar-refractivity contribution in [2.24, 2.45) is 12.5 Å². The van der Waals surface area contributed by atoms with E-state index in [1.807, 2.05) is 0 Å². The van der Waals surface area contributed by atoms with Crippen LogP contribution >= 0.6 is 0 Å². The standard InChI is InChI=1S/C23H23F3N4O4S/c1-12(13-4-3-5-14(17(13)24)18(25)26)29-19-15-6-16(21(31)30(2)20(15)28-11-27-19)23(32)7-22(8-23)9-35(33,34)10-22/h3-6,11-12,18,32H,7-10H2,1-2H3,(H,27,28,29)/t12-/m1/s1. The van der Waals surface area contributed by atoms with Crippen LogP contribution in [0.1, 0.15) is 48.9 Å². The molecular weight excluding hydrogens is 485 g/mol. The van der Waals surface area contributed by atoms with E-state index in [9.17, 15) is 31.5 Å². The van der Waals surface area contributed by atoms with E-state index >= 15 is 0 Å². The van der Waals surface area contributed by atoms with Gasteiger partial charge in [0.2, 0.25) is 0 Å². The Morgan fingerprint density at radius 2 is 1.83 bits per heavy atom. The van der Waals surface area contributed by atoms with Gasteiger partial charge in [-0.05, 0) is 25.8 Å². The van der Waals surface area contributed by atoms with Crippen LogP contribution in [0, 0.1) is 11.2 Å². The number of nitrogens with zero attached hydrogens (tertiary/aromatic N) is 3. The van der Waals surface area contributed by atoms with Crippen molar-refractivity contribution < 1.29 is 26.7 Å². The topological polar surface area (TPSA) is 114 Å². The van der Waals surface area contributed by atoms with E-state index in [2.05, 4.69) is 15.3 Å². The predicted octanol–water partition coefficient (Wildman–Crippen LogP) is 2.97. The van der Waals surface area contributed by atoms with Crippen molar-refractivity contribution in [1.29, 1.82) is 0 Å². The molecule has 35 heavy (non-hydrogen) atoms. The van der Waals surface area contributed by atoms with E-state index < -0.39 is 50.3 Å². The zero-order valence-electron chi connectivity index (χ0n) is 18.9. The van der Waals surface area contributed by atoms with Gasteiger partial charge in [-0.15, -0.1) is 0 Å². The maximum absolute atomic E-state index is 14.7. The lowest BCUT2D eigenvalue weighted by atomic mass is 9.58. The lowest BCUT2D eigenvalue weighted by Gasteiger charge is -2.57. The van der Waals surface area contributed by atoms with Crippen LogP contribution in [0.15, 0.2) is 35.4 Å². The van der Waals surface area contributed by atoms with Crippen LogP contribution in [0.2, 0.25) is 0 Å². The first kappa shape index (κ1) is 23.7. The highest BCUT2D eigenvalue weighted by Crippen LogP contribution is 2.59. The molecule has 8 nitrogen and oxygen atoms in total. The summed E-state index contributed by atoms with van der Waals surface area (Å²) in [6.07, 6.45) is -1.44. The molecular formula is C23H23F3N4O4S. The third-order valence-corrected chi connectivity index (χ3v) is 9.11.